The summed E-state index contributed by atoms with van der Waals surface area (Å²) in [5, 5.41) is 12.6. The van der Waals surface area contributed by atoms with Gasteiger partial charge >= 0.3 is 5.97 Å². The number of ether oxygens (including phenoxy) is 1. The number of aromatic nitrogens is 1. The molecule has 0 amide bonds. The van der Waals surface area contributed by atoms with Gasteiger partial charge in [-0.3, -0.25) is 15.1 Å². The number of rotatable bonds is 6. The smallest absolute Gasteiger partial charge is 0.330 e. The maximum Gasteiger partial charge on any atom is 0.330 e. The van der Waals surface area contributed by atoms with E-state index < -0.39 is 16.2 Å². The van der Waals surface area contributed by atoms with Crippen LogP contribution in [0.25, 0.3) is 11.1 Å². The van der Waals surface area contributed by atoms with Crippen molar-refractivity contribution in [1.82, 2.24) is 10.0 Å². The maximum absolute atomic E-state index is 14.4. The summed E-state index contributed by atoms with van der Waals surface area (Å²) in [5.74, 6) is -0.812. The summed E-state index contributed by atoms with van der Waals surface area (Å²) >= 11 is 0. The van der Waals surface area contributed by atoms with Crippen molar-refractivity contribution in [3.05, 3.63) is 76.9 Å². The minimum Gasteiger partial charge on any atom is -0.454 e. The zero-order valence-electron chi connectivity index (χ0n) is 20.3. The molecule has 0 N–H and O–H groups in total. The fourth-order valence-corrected chi connectivity index (χ4v) is 3.64. The Bertz CT molecular complexity index is 1250. The molecule has 0 unspecified atom stereocenters. The Labute approximate surface area is 208 Å². The zero-order valence-corrected chi connectivity index (χ0v) is 20.3. The fourth-order valence-electron chi connectivity index (χ4n) is 3.64. The van der Waals surface area contributed by atoms with Crippen molar-refractivity contribution in [3.63, 3.8) is 0 Å². The summed E-state index contributed by atoms with van der Waals surface area (Å²) < 4.78 is 20.1. The first-order chi connectivity index (χ1) is 17.1. The summed E-state index contributed by atoms with van der Waals surface area (Å²) in [4.78, 5) is 34.2. The lowest BCUT2D eigenvalue weighted by Crippen LogP contribution is -2.48. The number of carbonyl (C=O) groups excluding carboxylic acids is 1. The Kier molecular flexibility index (Phi) is 7.16. The average molecular weight is 495 g/mol. The van der Waals surface area contributed by atoms with E-state index in [-0.39, 0.29) is 17.4 Å². The monoisotopic (exact) mass is 494 g/mol. The number of nitrogens with zero attached hydrogens (tertiary/aromatic N) is 4. The summed E-state index contributed by atoms with van der Waals surface area (Å²) in [6, 6.07) is 12.7. The van der Waals surface area contributed by atoms with Gasteiger partial charge in [0, 0.05) is 42.8 Å². The lowest BCUT2D eigenvalue weighted by Gasteiger charge is -2.35. The van der Waals surface area contributed by atoms with E-state index in [1.807, 2.05) is 45.0 Å². The summed E-state index contributed by atoms with van der Waals surface area (Å²) in [6.07, 6.45) is 3.15. The molecule has 0 aliphatic carbocycles. The zero-order chi connectivity index (χ0) is 25.9. The lowest BCUT2D eigenvalue weighted by atomic mass is 9.98. The van der Waals surface area contributed by atoms with Gasteiger partial charge in [0.25, 0.3) is 5.69 Å². The van der Waals surface area contributed by atoms with Crippen LogP contribution in [-0.2, 0) is 9.63 Å². The van der Waals surface area contributed by atoms with Crippen molar-refractivity contribution in [3.8, 4) is 22.6 Å². The number of nitro groups is 1. The number of benzene rings is 2. The van der Waals surface area contributed by atoms with Crippen LogP contribution in [0, 0.1) is 21.3 Å². The van der Waals surface area contributed by atoms with Gasteiger partial charge in [-0.2, -0.15) is 0 Å². The third-order valence-electron chi connectivity index (χ3n) is 5.73. The third-order valence-corrected chi connectivity index (χ3v) is 5.73. The molecule has 2 aromatic carbocycles. The Balaban J connectivity index is 1.44. The Morgan fingerprint density at radius 2 is 1.72 bits per heavy atom. The quantitative estimate of drug-likeness (QED) is 0.340. The number of nitro benzene ring substituents is 1. The van der Waals surface area contributed by atoms with E-state index in [0.29, 0.717) is 37.5 Å². The van der Waals surface area contributed by atoms with Gasteiger partial charge in [-0.15, -0.1) is 5.06 Å². The van der Waals surface area contributed by atoms with E-state index in [9.17, 15) is 19.3 Å². The molecule has 3 aromatic rings. The second-order valence-corrected chi connectivity index (χ2v) is 9.44. The van der Waals surface area contributed by atoms with Gasteiger partial charge in [-0.1, -0.05) is 12.1 Å². The molecule has 1 aliphatic rings. The van der Waals surface area contributed by atoms with Gasteiger partial charge in [0.1, 0.15) is 5.75 Å². The van der Waals surface area contributed by atoms with Crippen LogP contribution in [-0.4, -0.2) is 47.1 Å². The largest absolute Gasteiger partial charge is 0.454 e. The molecule has 1 fully saturated rings. The van der Waals surface area contributed by atoms with Gasteiger partial charge in [0.15, 0.2) is 11.6 Å². The molecule has 36 heavy (non-hydrogen) atoms. The molecule has 2 heterocycles. The Morgan fingerprint density at radius 1 is 1.03 bits per heavy atom. The second kappa shape index (κ2) is 10.3. The van der Waals surface area contributed by atoms with Gasteiger partial charge in [0.2, 0.25) is 0 Å². The highest BCUT2D eigenvalue weighted by atomic mass is 19.1. The first-order valence-corrected chi connectivity index (χ1v) is 11.5. The van der Waals surface area contributed by atoms with E-state index >= 15 is 0 Å². The van der Waals surface area contributed by atoms with Gasteiger partial charge in [-0.25, -0.2) is 9.18 Å². The molecule has 10 heteroatoms. The van der Waals surface area contributed by atoms with Crippen molar-refractivity contribution in [2.24, 2.45) is 5.41 Å². The number of non-ortho nitro benzene ring substituents is 1. The summed E-state index contributed by atoms with van der Waals surface area (Å²) in [7, 11) is 0. The number of halogens is 1. The molecule has 1 aliphatic heterocycles. The van der Waals surface area contributed by atoms with E-state index in [2.05, 4.69) is 9.88 Å². The number of hydroxylamine groups is 2. The average Bonchev–Trinajstić information content (AvgIpc) is 2.85. The van der Waals surface area contributed by atoms with Crippen LogP contribution in [0.5, 0.6) is 11.5 Å². The standard InChI is InChI=1S/C26H27FN4O5/c1-26(2,3)25(32)36-30-14-12-29(13-15-30)19-6-4-18(5-7-19)21-17-28-11-10-23(21)35-24-9-8-20(31(33)34)16-22(24)27/h4-11,16-17H,12-15H2,1-3H3. The van der Waals surface area contributed by atoms with Crippen molar-refractivity contribution in [2.45, 2.75) is 20.8 Å². The van der Waals surface area contributed by atoms with Gasteiger partial charge in [-0.05, 0) is 50.6 Å². The summed E-state index contributed by atoms with van der Waals surface area (Å²) in [6.45, 7) is 8.10. The molecule has 9 nitrogen and oxygen atoms in total. The molecular weight excluding hydrogens is 467 g/mol. The van der Waals surface area contributed by atoms with Crippen LogP contribution < -0.4 is 9.64 Å². The number of piperazine rings is 1. The first kappa shape index (κ1) is 25.1. The second-order valence-electron chi connectivity index (χ2n) is 9.44. The van der Waals surface area contributed by atoms with Crippen LogP contribution in [0.4, 0.5) is 15.8 Å². The molecule has 0 atom stereocenters. The SMILES string of the molecule is CC(C)(C)C(=O)ON1CCN(c2ccc(-c3cnccc3Oc3ccc([N+](=O)[O-])cc3F)cc2)CC1. The predicted octanol–water partition coefficient (Wildman–Crippen LogP) is 5.21. The highest BCUT2D eigenvalue weighted by Gasteiger charge is 2.28. The summed E-state index contributed by atoms with van der Waals surface area (Å²) in [5.41, 5.74) is 1.60. The number of anilines is 1. The van der Waals surface area contributed by atoms with E-state index in [0.717, 1.165) is 17.3 Å². The fraction of sp³-hybridized carbons (Fsp3) is 0.308. The Morgan fingerprint density at radius 3 is 2.33 bits per heavy atom. The topological polar surface area (TPSA) is 98.0 Å². The first-order valence-electron chi connectivity index (χ1n) is 11.5. The van der Waals surface area contributed by atoms with Crippen molar-refractivity contribution >= 4 is 17.3 Å². The molecule has 0 radical (unpaired) electrons. The molecule has 1 aromatic heterocycles. The van der Waals surface area contributed by atoms with E-state index in [1.54, 1.807) is 17.3 Å². The van der Waals surface area contributed by atoms with E-state index in [4.69, 9.17) is 9.57 Å². The lowest BCUT2D eigenvalue weighted by molar-refractivity contribution is -0.385. The van der Waals surface area contributed by atoms with Crippen molar-refractivity contribution in [1.29, 1.82) is 0 Å². The van der Waals surface area contributed by atoms with Crippen LogP contribution in [0.15, 0.2) is 60.9 Å². The number of carbonyl (C=O) groups is 1. The third kappa shape index (κ3) is 5.77. The van der Waals surface area contributed by atoms with E-state index in [1.165, 1.54) is 18.3 Å². The minimum atomic E-state index is -0.824. The molecule has 1 saturated heterocycles. The van der Waals surface area contributed by atoms with Crippen LogP contribution in [0.1, 0.15) is 20.8 Å². The van der Waals surface area contributed by atoms with Crippen LogP contribution in [0.2, 0.25) is 0 Å². The van der Waals surface area contributed by atoms with Crippen LogP contribution >= 0.6 is 0 Å². The van der Waals surface area contributed by atoms with Gasteiger partial charge < -0.3 is 14.5 Å². The number of hydrogen-bond donors (Lipinski definition) is 0. The van der Waals surface area contributed by atoms with Gasteiger partial charge in [0.05, 0.1) is 29.5 Å². The van der Waals surface area contributed by atoms with Crippen molar-refractivity contribution < 1.29 is 23.7 Å². The molecule has 188 valence electrons. The Hall–Kier alpha value is -4.05. The number of hydrogen-bond acceptors (Lipinski definition) is 8. The molecular formula is C26H27FN4O5. The van der Waals surface area contributed by atoms with Crippen molar-refractivity contribution in [2.75, 3.05) is 31.1 Å². The molecule has 0 spiro atoms. The molecule has 0 saturated carbocycles. The molecule has 4 rings (SSSR count). The number of pyridine rings is 1. The maximum atomic E-state index is 14.4. The highest BCUT2D eigenvalue weighted by Crippen LogP contribution is 2.35. The minimum absolute atomic E-state index is 0.116. The normalized spacial score (nSPS) is 14.4. The van der Waals surface area contributed by atoms with Crippen LogP contribution in [0.3, 0.4) is 0 Å². The highest BCUT2D eigenvalue weighted by molar-refractivity contribution is 5.75. The molecule has 0 bridgehead atoms. The predicted molar refractivity (Wildman–Crippen MR) is 132 cm³/mol.